The molecule has 2 aliphatic rings. The zero-order valence-corrected chi connectivity index (χ0v) is 18.9. The predicted octanol–water partition coefficient (Wildman–Crippen LogP) is 3.62. The van der Waals surface area contributed by atoms with Gasteiger partial charge >= 0.3 is 0 Å². The third-order valence-corrected chi connectivity index (χ3v) is 6.29. The molecule has 0 unspecified atom stereocenters. The van der Waals surface area contributed by atoms with Crippen molar-refractivity contribution in [1.29, 1.82) is 15.8 Å². The summed E-state index contributed by atoms with van der Waals surface area (Å²) in [6.45, 7) is 6.95. The van der Waals surface area contributed by atoms with Gasteiger partial charge in [0.1, 0.15) is 6.07 Å². The third kappa shape index (κ3) is 3.79. The Morgan fingerprint density at radius 1 is 1.16 bits per heavy atom. The van der Waals surface area contributed by atoms with Crippen molar-refractivity contribution in [3.05, 3.63) is 46.7 Å². The van der Waals surface area contributed by atoms with Crippen LogP contribution in [0.1, 0.15) is 38.2 Å². The molecule has 7 heteroatoms. The van der Waals surface area contributed by atoms with Crippen LogP contribution in [0.15, 0.2) is 41.1 Å². The second-order valence-electron chi connectivity index (χ2n) is 8.19. The Bertz CT molecular complexity index is 1040. The molecule has 0 saturated heterocycles. The number of nitrogens with zero attached hydrogens (tertiary/aromatic N) is 4. The van der Waals surface area contributed by atoms with E-state index in [-0.39, 0.29) is 17.2 Å². The number of nitrogens with two attached hydrogens (primary N) is 1. The molecule has 1 aliphatic heterocycles. The number of fused-ring (bicyclic) bond motifs is 1. The largest absolute Gasteiger partial charge is 0.493 e. The van der Waals surface area contributed by atoms with E-state index in [4.69, 9.17) is 15.2 Å². The molecule has 0 fully saturated rings. The Balaban J connectivity index is 2.21. The highest BCUT2D eigenvalue weighted by Crippen LogP contribution is 2.54. The topological polar surface area (TPSA) is 119 Å². The van der Waals surface area contributed by atoms with Crippen molar-refractivity contribution < 1.29 is 9.47 Å². The summed E-state index contributed by atoms with van der Waals surface area (Å²) in [5.41, 5.74) is 6.62. The third-order valence-electron chi connectivity index (χ3n) is 6.29. The first kappa shape index (κ1) is 23.2. The van der Waals surface area contributed by atoms with E-state index in [1.54, 1.807) is 7.11 Å². The molecular weight excluding hydrogens is 402 g/mol. The lowest BCUT2D eigenvalue weighted by Gasteiger charge is -2.45. The van der Waals surface area contributed by atoms with Crippen LogP contribution in [0.5, 0.6) is 11.5 Å². The molecule has 0 radical (unpaired) electrons. The minimum Gasteiger partial charge on any atom is -0.493 e. The molecule has 2 N–H and O–H groups in total. The van der Waals surface area contributed by atoms with E-state index in [1.165, 1.54) is 0 Å². The molecule has 32 heavy (non-hydrogen) atoms. The monoisotopic (exact) mass is 431 g/mol. The van der Waals surface area contributed by atoms with Gasteiger partial charge in [0.2, 0.25) is 0 Å². The molecule has 0 saturated carbocycles. The van der Waals surface area contributed by atoms with Crippen LogP contribution in [0.2, 0.25) is 0 Å². The second kappa shape index (κ2) is 9.77. The lowest BCUT2D eigenvalue weighted by atomic mass is 9.58. The van der Waals surface area contributed by atoms with E-state index in [0.717, 1.165) is 30.5 Å². The van der Waals surface area contributed by atoms with E-state index in [1.807, 2.05) is 31.2 Å². The highest BCUT2D eigenvalue weighted by Gasteiger charge is 2.54. The van der Waals surface area contributed by atoms with Crippen LogP contribution in [-0.2, 0) is 0 Å². The number of ether oxygens (including phenoxy) is 2. The minimum atomic E-state index is -1.65. The Morgan fingerprint density at radius 3 is 2.50 bits per heavy atom. The summed E-state index contributed by atoms with van der Waals surface area (Å²) in [7, 11) is 1.57. The second-order valence-corrected chi connectivity index (χ2v) is 8.19. The van der Waals surface area contributed by atoms with Crippen LogP contribution < -0.4 is 15.2 Å². The van der Waals surface area contributed by atoms with Crippen LogP contribution in [-0.4, -0.2) is 38.3 Å². The summed E-state index contributed by atoms with van der Waals surface area (Å²) in [5, 5.41) is 30.3. The van der Waals surface area contributed by atoms with Gasteiger partial charge in [-0.2, -0.15) is 15.8 Å². The molecule has 0 bridgehead atoms. The lowest BCUT2D eigenvalue weighted by Crippen LogP contribution is -2.48. The Labute approximate surface area is 189 Å². The zero-order chi connectivity index (χ0) is 23.3. The van der Waals surface area contributed by atoms with Crippen molar-refractivity contribution in [3.63, 3.8) is 0 Å². The van der Waals surface area contributed by atoms with Crippen molar-refractivity contribution >= 4 is 0 Å². The SMILES string of the molecule is CCCOc1ccc([C@H]2[C@H]3CN(CCC)CC=C3C(C#N)=C(N)C2(C#N)C#N)cc1OC. The van der Waals surface area contributed by atoms with Gasteiger partial charge in [-0.05, 0) is 42.7 Å². The predicted molar refractivity (Wildman–Crippen MR) is 120 cm³/mol. The quantitative estimate of drug-likeness (QED) is 0.700. The average Bonchev–Trinajstić information content (AvgIpc) is 2.82. The fraction of sp³-hybridized carbons (Fsp3) is 0.480. The summed E-state index contributed by atoms with van der Waals surface area (Å²) < 4.78 is 11.3. The maximum absolute atomic E-state index is 10.2. The van der Waals surface area contributed by atoms with Gasteiger partial charge in [0, 0.05) is 24.9 Å². The summed E-state index contributed by atoms with van der Waals surface area (Å²) in [4.78, 5) is 2.28. The van der Waals surface area contributed by atoms with Crippen molar-refractivity contribution in [2.24, 2.45) is 17.1 Å². The molecular formula is C25H29N5O2. The Morgan fingerprint density at radius 2 is 1.91 bits per heavy atom. The minimum absolute atomic E-state index is 0.0340. The molecule has 0 aromatic heterocycles. The van der Waals surface area contributed by atoms with Gasteiger partial charge in [-0.15, -0.1) is 0 Å². The summed E-state index contributed by atoms with van der Waals surface area (Å²) in [5.74, 6) is 0.390. The Kier molecular flexibility index (Phi) is 7.08. The van der Waals surface area contributed by atoms with Gasteiger partial charge in [0.15, 0.2) is 16.9 Å². The van der Waals surface area contributed by atoms with E-state index in [9.17, 15) is 15.8 Å². The molecule has 2 atom stereocenters. The summed E-state index contributed by atoms with van der Waals surface area (Å²) >= 11 is 0. The number of methoxy groups -OCH3 is 1. The summed E-state index contributed by atoms with van der Waals surface area (Å²) in [6, 6.07) is 12.1. The highest BCUT2D eigenvalue weighted by atomic mass is 16.5. The fourth-order valence-corrected chi connectivity index (χ4v) is 4.82. The van der Waals surface area contributed by atoms with Gasteiger partial charge in [0.05, 0.1) is 37.1 Å². The smallest absolute Gasteiger partial charge is 0.191 e. The van der Waals surface area contributed by atoms with Crippen LogP contribution >= 0.6 is 0 Å². The molecule has 0 spiro atoms. The van der Waals surface area contributed by atoms with Crippen LogP contribution in [0.4, 0.5) is 0 Å². The van der Waals surface area contributed by atoms with E-state index in [2.05, 4.69) is 30.0 Å². The van der Waals surface area contributed by atoms with E-state index >= 15 is 0 Å². The number of hydrogen-bond donors (Lipinski definition) is 1. The molecule has 166 valence electrons. The van der Waals surface area contributed by atoms with Gasteiger partial charge in [0.25, 0.3) is 0 Å². The van der Waals surface area contributed by atoms with Crippen LogP contribution in [0.3, 0.4) is 0 Å². The first-order valence-corrected chi connectivity index (χ1v) is 11.0. The summed E-state index contributed by atoms with van der Waals surface area (Å²) in [6.07, 6.45) is 3.88. The van der Waals surface area contributed by atoms with Gasteiger partial charge < -0.3 is 15.2 Å². The van der Waals surface area contributed by atoms with E-state index in [0.29, 0.717) is 31.2 Å². The molecule has 1 heterocycles. The molecule has 7 nitrogen and oxygen atoms in total. The van der Waals surface area contributed by atoms with E-state index < -0.39 is 11.3 Å². The van der Waals surface area contributed by atoms with Crippen LogP contribution in [0, 0.1) is 45.3 Å². The van der Waals surface area contributed by atoms with Crippen molar-refractivity contribution in [3.8, 4) is 29.7 Å². The molecule has 1 aromatic carbocycles. The molecule has 1 aliphatic carbocycles. The number of allylic oxidation sites excluding steroid dienone is 2. The number of benzene rings is 1. The standard InChI is InChI=1S/C25H29N5O2/c1-4-9-30-10-8-18-19(13-26)24(29)25(15-27,16-28)23(20(18)14-30)17-6-7-21(32-11-5-2)22(12-17)31-3/h6-8,12,20,23H,4-5,9-11,14,29H2,1-3H3/t20-,23-/m0/s1. The highest BCUT2D eigenvalue weighted by molar-refractivity contribution is 5.60. The maximum Gasteiger partial charge on any atom is 0.191 e. The van der Waals surface area contributed by atoms with Gasteiger partial charge in [-0.25, -0.2) is 0 Å². The van der Waals surface area contributed by atoms with Gasteiger partial charge in [-0.1, -0.05) is 26.0 Å². The molecule has 1 aromatic rings. The normalized spacial score (nSPS) is 22.1. The first-order chi connectivity index (χ1) is 15.5. The van der Waals surface area contributed by atoms with Crippen molar-refractivity contribution in [2.75, 3.05) is 33.4 Å². The van der Waals surface area contributed by atoms with Crippen molar-refractivity contribution in [2.45, 2.75) is 32.6 Å². The molecule has 3 rings (SSSR count). The van der Waals surface area contributed by atoms with Crippen molar-refractivity contribution in [1.82, 2.24) is 4.90 Å². The lowest BCUT2D eigenvalue weighted by molar-refractivity contribution is 0.207. The fourth-order valence-electron chi connectivity index (χ4n) is 4.82. The maximum atomic E-state index is 10.2. The first-order valence-electron chi connectivity index (χ1n) is 11.0. The number of rotatable bonds is 7. The zero-order valence-electron chi connectivity index (χ0n) is 18.9. The Hall–Kier alpha value is -3.47. The number of nitriles is 3. The molecule has 0 amide bonds. The number of hydrogen-bond acceptors (Lipinski definition) is 7. The van der Waals surface area contributed by atoms with Crippen LogP contribution in [0.25, 0.3) is 0 Å². The van der Waals surface area contributed by atoms with Gasteiger partial charge in [-0.3, -0.25) is 4.90 Å². The average molecular weight is 432 g/mol.